The monoisotopic (exact) mass is 473 g/mol. The largest absolute Gasteiger partial charge is 0.339 e. The van der Waals surface area contributed by atoms with Gasteiger partial charge in [0.25, 0.3) is 5.91 Å². The Hall–Kier alpha value is -3.86. The van der Waals surface area contributed by atoms with Crippen LogP contribution in [0.25, 0.3) is 11.1 Å². The van der Waals surface area contributed by atoms with Gasteiger partial charge in [0.05, 0.1) is 7.06 Å². The van der Waals surface area contributed by atoms with E-state index in [2.05, 4.69) is 31.9 Å². The maximum Gasteiger partial charge on any atom is 0.270 e. The lowest BCUT2D eigenvalue weighted by Crippen LogP contribution is -2.49. The van der Waals surface area contributed by atoms with E-state index < -0.39 is 23.9 Å². The predicted octanol–water partition coefficient (Wildman–Crippen LogP) is 4.40. The van der Waals surface area contributed by atoms with Crippen molar-refractivity contribution in [3.05, 3.63) is 53.6 Å². The summed E-state index contributed by atoms with van der Waals surface area (Å²) in [7, 11) is 0. The second-order valence-corrected chi connectivity index (χ2v) is 9.05. The van der Waals surface area contributed by atoms with Gasteiger partial charge in [0.2, 0.25) is 5.91 Å². The van der Waals surface area contributed by atoms with Crippen molar-refractivity contribution < 1.29 is 11.0 Å². The molecule has 1 saturated carbocycles. The van der Waals surface area contributed by atoms with Crippen LogP contribution in [-0.2, 0) is 4.79 Å². The molecular formula is C27H32N6O2. The molecule has 182 valence electrons. The highest BCUT2D eigenvalue weighted by atomic mass is 16.2. The van der Waals surface area contributed by atoms with Gasteiger partial charge in [-0.2, -0.15) is 10.2 Å². The molecule has 0 aliphatic heterocycles. The molecule has 2 aromatic heterocycles. The van der Waals surface area contributed by atoms with E-state index in [1.54, 1.807) is 25.1 Å². The molecule has 3 aromatic rings. The Kier molecular flexibility index (Phi) is 6.94. The Morgan fingerprint density at radius 3 is 2.54 bits per heavy atom. The first-order valence-electron chi connectivity index (χ1n) is 12.5. The van der Waals surface area contributed by atoms with Crippen LogP contribution in [-0.4, -0.2) is 37.8 Å². The van der Waals surface area contributed by atoms with Gasteiger partial charge < -0.3 is 10.6 Å². The number of carbonyl (C=O) groups excluding carboxylic acids is 2. The summed E-state index contributed by atoms with van der Waals surface area (Å²) in [6.07, 6.45) is 11.3. The quantitative estimate of drug-likeness (QED) is 0.442. The van der Waals surface area contributed by atoms with Crippen LogP contribution in [0.15, 0.2) is 36.5 Å². The van der Waals surface area contributed by atoms with Crippen molar-refractivity contribution in [2.24, 2.45) is 5.92 Å². The minimum absolute atomic E-state index is 0.218. The maximum absolute atomic E-state index is 13.6. The third-order valence-corrected chi connectivity index (χ3v) is 6.58. The zero-order valence-corrected chi connectivity index (χ0v) is 20.4. The molecular weight excluding hydrogens is 440 g/mol. The lowest BCUT2D eigenvalue weighted by molar-refractivity contribution is -0.119. The van der Waals surface area contributed by atoms with Crippen LogP contribution in [0.3, 0.4) is 0 Å². The number of aromatic nitrogens is 4. The summed E-state index contributed by atoms with van der Waals surface area (Å²) in [4.78, 5) is 26.8. The number of anilines is 1. The van der Waals surface area contributed by atoms with Crippen molar-refractivity contribution in [2.75, 3.05) is 5.32 Å². The summed E-state index contributed by atoms with van der Waals surface area (Å²) in [5.41, 5.74) is 4.63. The third-order valence-electron chi connectivity index (χ3n) is 6.58. The van der Waals surface area contributed by atoms with Gasteiger partial charge in [0.15, 0.2) is 0 Å². The van der Waals surface area contributed by atoms with Crippen LogP contribution >= 0.6 is 0 Å². The number of amides is 2. The summed E-state index contributed by atoms with van der Waals surface area (Å²) in [5, 5.41) is 17.0. The van der Waals surface area contributed by atoms with E-state index in [1.807, 2.05) is 26.0 Å². The van der Waals surface area contributed by atoms with Gasteiger partial charge in [0.1, 0.15) is 17.8 Å². The Morgan fingerprint density at radius 2 is 1.91 bits per heavy atom. The first-order valence-corrected chi connectivity index (χ1v) is 12.0. The zero-order valence-electron chi connectivity index (χ0n) is 21.4. The number of nitrogens with one attached hydrogen (secondary N) is 3. The smallest absolute Gasteiger partial charge is 0.270 e. The minimum Gasteiger partial charge on any atom is -0.339 e. The molecule has 1 fully saturated rings. The number of hydrogen-bond acceptors (Lipinski definition) is 4. The SMILES string of the molecule is [2H]C(NC(=O)c1ccnn1C(C)C#C)(C(=O)Nc1ccc(-c2c(C)n[nH]c2C)cc1)C1CCCCC1. The van der Waals surface area contributed by atoms with Crippen LogP contribution in [0.5, 0.6) is 0 Å². The molecule has 1 aliphatic rings. The molecule has 0 spiro atoms. The molecule has 2 amide bonds. The number of terminal acetylenes is 1. The van der Waals surface area contributed by atoms with Crippen molar-refractivity contribution in [3.63, 3.8) is 0 Å². The Labute approximate surface area is 207 Å². The zero-order chi connectivity index (χ0) is 25.9. The number of aryl methyl sites for hydroxylation is 2. The van der Waals surface area contributed by atoms with Gasteiger partial charge in [-0.3, -0.25) is 14.7 Å². The van der Waals surface area contributed by atoms with E-state index in [4.69, 9.17) is 6.42 Å². The van der Waals surface area contributed by atoms with Gasteiger partial charge in [-0.15, -0.1) is 6.42 Å². The Morgan fingerprint density at radius 1 is 1.20 bits per heavy atom. The van der Waals surface area contributed by atoms with Crippen LogP contribution in [0.4, 0.5) is 5.69 Å². The summed E-state index contributed by atoms with van der Waals surface area (Å²) in [6, 6.07) is 6.67. The van der Waals surface area contributed by atoms with Crippen LogP contribution < -0.4 is 10.6 Å². The fraction of sp³-hybridized carbons (Fsp3) is 0.407. The highest BCUT2D eigenvalue weighted by Crippen LogP contribution is 2.29. The normalized spacial score (nSPS) is 17.0. The summed E-state index contributed by atoms with van der Waals surface area (Å²) in [5.74, 6) is 1.12. The second kappa shape index (κ2) is 10.6. The van der Waals surface area contributed by atoms with Gasteiger partial charge in [-0.1, -0.05) is 37.3 Å². The van der Waals surface area contributed by atoms with Crippen molar-refractivity contribution in [1.29, 1.82) is 0 Å². The number of rotatable bonds is 7. The number of carbonyl (C=O) groups is 2. The second-order valence-electron chi connectivity index (χ2n) is 9.05. The standard InChI is InChI=1S/C27H32N6O2/c1-5-17(2)33-23(15-16-28-33)26(34)30-25(21-9-7-6-8-10-21)27(35)29-22-13-11-20(12-14-22)24-18(3)31-32-19(24)4/h1,11-17,21,25H,6-10H2,2-4H3,(H,29,35)(H,30,34)(H,31,32)/i25D. The van der Waals surface area contributed by atoms with Crippen LogP contribution in [0.2, 0.25) is 0 Å². The number of hydrogen-bond donors (Lipinski definition) is 3. The molecule has 1 aromatic carbocycles. The minimum atomic E-state index is -1.84. The predicted molar refractivity (Wildman–Crippen MR) is 136 cm³/mol. The van der Waals surface area contributed by atoms with E-state index in [0.29, 0.717) is 18.5 Å². The van der Waals surface area contributed by atoms with Crippen molar-refractivity contribution in [2.45, 2.75) is 64.9 Å². The first-order chi connectivity index (χ1) is 17.2. The van der Waals surface area contributed by atoms with Crippen molar-refractivity contribution in [1.82, 2.24) is 25.3 Å². The van der Waals surface area contributed by atoms with Crippen molar-refractivity contribution in [3.8, 4) is 23.5 Å². The molecule has 1 aliphatic carbocycles. The molecule has 3 N–H and O–H groups in total. The average Bonchev–Trinajstić information content (AvgIpc) is 3.51. The number of aromatic amines is 1. The first kappa shape index (κ1) is 22.9. The molecule has 2 unspecified atom stereocenters. The molecule has 4 rings (SSSR count). The highest BCUT2D eigenvalue weighted by molar-refractivity contribution is 6.00. The lowest BCUT2D eigenvalue weighted by atomic mass is 9.83. The van der Waals surface area contributed by atoms with E-state index >= 15 is 0 Å². The Balaban J connectivity index is 1.57. The van der Waals surface area contributed by atoms with Gasteiger partial charge in [-0.05, 0) is 63.3 Å². The van der Waals surface area contributed by atoms with Gasteiger partial charge in [0, 0.05) is 23.1 Å². The van der Waals surface area contributed by atoms with Gasteiger partial charge >= 0.3 is 0 Å². The number of benzene rings is 1. The number of H-pyrrole nitrogens is 1. The molecule has 8 nitrogen and oxygen atoms in total. The Bertz CT molecular complexity index is 1260. The van der Waals surface area contributed by atoms with E-state index in [1.165, 1.54) is 10.9 Å². The molecule has 0 bridgehead atoms. The van der Waals surface area contributed by atoms with E-state index in [-0.39, 0.29) is 11.6 Å². The summed E-state index contributed by atoms with van der Waals surface area (Å²) >= 11 is 0. The molecule has 2 atom stereocenters. The summed E-state index contributed by atoms with van der Waals surface area (Å²) in [6.45, 7) is 5.65. The van der Waals surface area contributed by atoms with E-state index in [0.717, 1.165) is 41.8 Å². The molecule has 8 heteroatoms. The average molecular weight is 474 g/mol. The molecule has 35 heavy (non-hydrogen) atoms. The van der Waals surface area contributed by atoms with Crippen LogP contribution in [0.1, 0.15) is 68.3 Å². The van der Waals surface area contributed by atoms with Crippen LogP contribution in [0, 0.1) is 32.1 Å². The van der Waals surface area contributed by atoms with Crippen molar-refractivity contribution >= 4 is 17.5 Å². The molecule has 0 saturated heterocycles. The highest BCUT2D eigenvalue weighted by Gasteiger charge is 2.32. The fourth-order valence-corrected chi connectivity index (χ4v) is 4.69. The summed E-state index contributed by atoms with van der Waals surface area (Å²) < 4.78 is 10.6. The molecule has 0 radical (unpaired) electrons. The third kappa shape index (κ3) is 5.29. The van der Waals surface area contributed by atoms with E-state index in [9.17, 15) is 11.0 Å². The number of nitrogens with zero attached hydrogens (tertiary/aromatic N) is 3. The molecule has 2 heterocycles. The van der Waals surface area contributed by atoms with Gasteiger partial charge in [-0.25, -0.2) is 4.68 Å². The lowest BCUT2D eigenvalue weighted by Gasteiger charge is -2.30. The fourth-order valence-electron chi connectivity index (χ4n) is 4.69. The topological polar surface area (TPSA) is 105 Å². The maximum atomic E-state index is 13.6.